The van der Waals surface area contributed by atoms with Crippen LogP contribution in [0.25, 0.3) is 11.1 Å². The lowest BCUT2D eigenvalue weighted by Crippen LogP contribution is -2.58. The molecule has 4 bridgehead atoms. The first kappa shape index (κ1) is 46.2. The Labute approximate surface area is 379 Å². The van der Waals surface area contributed by atoms with E-state index in [1.54, 1.807) is 0 Å². The van der Waals surface area contributed by atoms with Crippen molar-refractivity contribution in [3.8, 4) is 80.1 Å². The summed E-state index contributed by atoms with van der Waals surface area (Å²) in [5.41, 5.74) is -14.1. The summed E-state index contributed by atoms with van der Waals surface area (Å²) < 4.78 is 32.2. The number of hydrogen-bond donors (Lipinski definition) is 14. The van der Waals surface area contributed by atoms with Crippen molar-refractivity contribution in [1.82, 2.24) is 0 Å². The molecule has 5 aliphatic rings. The van der Waals surface area contributed by atoms with E-state index < -0.39 is 209 Å². The fourth-order valence-electron chi connectivity index (χ4n) is 8.37. The van der Waals surface area contributed by atoms with Crippen LogP contribution in [0.3, 0.4) is 0 Å². The number of aliphatic hydroxyl groups is 2. The Morgan fingerprint density at radius 2 is 1.03 bits per heavy atom. The van der Waals surface area contributed by atoms with Gasteiger partial charge in [-0.3, -0.25) is 4.79 Å². The summed E-state index contributed by atoms with van der Waals surface area (Å²) in [6, 6.07) is 2.04. The maximum atomic E-state index is 14.7. The number of hydrogen-bond acceptors (Lipinski definition) is 27. The Morgan fingerprint density at radius 3 is 1.58 bits per heavy atom. The number of phenols is 12. The van der Waals surface area contributed by atoms with Crippen LogP contribution >= 0.6 is 0 Å². The number of cyclic esters (lactones) is 2. The predicted octanol–water partition coefficient (Wildman–Crippen LogP) is -0.865. The van der Waals surface area contributed by atoms with Gasteiger partial charge in [0.25, 0.3) is 0 Å². The van der Waals surface area contributed by atoms with Crippen molar-refractivity contribution >= 4 is 41.6 Å². The maximum Gasteiger partial charge on any atom is 0.347 e. The Kier molecular flexibility index (Phi) is 10.6. The maximum absolute atomic E-state index is 14.7. The van der Waals surface area contributed by atoms with Gasteiger partial charge in [-0.1, -0.05) is 0 Å². The van der Waals surface area contributed by atoms with Crippen LogP contribution in [0.15, 0.2) is 41.5 Å². The third kappa shape index (κ3) is 6.69. The lowest BCUT2D eigenvalue weighted by Gasteiger charge is -2.40. The van der Waals surface area contributed by atoms with E-state index in [4.69, 9.17) is 23.7 Å². The second-order valence-corrected chi connectivity index (χ2v) is 15.4. The van der Waals surface area contributed by atoms with Gasteiger partial charge in [0.05, 0.1) is 40.9 Å². The molecule has 0 saturated carbocycles. The van der Waals surface area contributed by atoms with Crippen LogP contribution in [0.4, 0.5) is 0 Å². The van der Waals surface area contributed by atoms with Crippen LogP contribution in [0.5, 0.6) is 69.0 Å². The molecule has 0 radical (unpaired) electrons. The number of carbonyl (C=O) groups is 7. The Bertz CT molecular complexity index is 3050. The van der Waals surface area contributed by atoms with Gasteiger partial charge in [0.2, 0.25) is 28.6 Å². The smallest absolute Gasteiger partial charge is 0.347 e. The number of esters is 6. The molecule has 7 atom stereocenters. The topological polar surface area (TPSA) is 458 Å². The average Bonchev–Trinajstić information content (AvgIpc) is 3.54. The standard InChI is InChI=1S/C42H30O27/c1-64-41(62)42(63)23-20-11(6-16(47)27(51)30(20)54)39(60)69-34(33-31(55)22(35(42)56)21(23)40(61)68-33)32-17(66-36(57)8-2-12(43)24(48)13(44)3-8)7-65-37(58)9-4-14(45)25(49)28(52)18(9)19-10(38(59)67-32)5-15(46)26(50)29(19)53/h2-6,17,23,31-34,43-55,63H,7H2,1H3/t17?,23-,31-,32-,33+,34+,42+/m1/s1. The predicted molar refractivity (Wildman–Crippen MR) is 210 cm³/mol. The fourth-order valence-corrected chi connectivity index (χ4v) is 8.37. The summed E-state index contributed by atoms with van der Waals surface area (Å²) >= 11 is 0. The molecule has 14 N–H and O–H groups in total. The minimum absolute atomic E-state index is 0.314. The van der Waals surface area contributed by atoms with E-state index in [-0.39, 0.29) is 0 Å². The number of Topliss-reactive ketones (excluding diaryl/α,β-unsaturated/α-hetero) is 1. The highest BCUT2D eigenvalue weighted by atomic mass is 16.6. The summed E-state index contributed by atoms with van der Waals surface area (Å²) in [6.07, 6.45) is -13.8. The van der Waals surface area contributed by atoms with Gasteiger partial charge in [0.15, 0.2) is 76.2 Å². The molecule has 0 amide bonds. The van der Waals surface area contributed by atoms with Crippen molar-refractivity contribution < 1.29 is 133 Å². The highest BCUT2D eigenvalue weighted by Gasteiger charge is 2.68. The molecule has 4 heterocycles. The molecular formula is C42H30O27. The van der Waals surface area contributed by atoms with Crippen molar-refractivity contribution in [2.45, 2.75) is 42.0 Å². The number of fused-ring (bicyclic) bond motifs is 6. The van der Waals surface area contributed by atoms with Crippen molar-refractivity contribution in [2.24, 2.45) is 0 Å². The molecule has 4 aromatic carbocycles. The van der Waals surface area contributed by atoms with Gasteiger partial charge in [-0.2, -0.15) is 0 Å². The monoisotopic (exact) mass is 966 g/mol. The molecule has 4 aromatic rings. The zero-order valence-electron chi connectivity index (χ0n) is 34.1. The molecule has 69 heavy (non-hydrogen) atoms. The van der Waals surface area contributed by atoms with E-state index in [2.05, 4.69) is 4.74 Å². The molecule has 0 fully saturated rings. The third-order valence-electron chi connectivity index (χ3n) is 11.6. The van der Waals surface area contributed by atoms with Gasteiger partial charge in [0.1, 0.15) is 12.7 Å². The van der Waals surface area contributed by atoms with Gasteiger partial charge in [-0.25, -0.2) is 28.8 Å². The quantitative estimate of drug-likeness (QED) is 0.0512. The minimum atomic E-state index is -3.72. The third-order valence-corrected chi connectivity index (χ3v) is 11.6. The zero-order valence-corrected chi connectivity index (χ0v) is 34.1. The average molecular weight is 967 g/mol. The van der Waals surface area contributed by atoms with Gasteiger partial charge in [-0.15, -0.1) is 0 Å². The van der Waals surface area contributed by atoms with Crippen LogP contribution < -0.4 is 0 Å². The molecule has 27 heteroatoms. The van der Waals surface area contributed by atoms with E-state index >= 15 is 0 Å². The minimum Gasteiger partial charge on any atom is -0.504 e. The molecule has 0 spiro atoms. The van der Waals surface area contributed by atoms with Gasteiger partial charge in [-0.05, 0) is 30.3 Å². The van der Waals surface area contributed by atoms with E-state index in [1.165, 1.54) is 0 Å². The summed E-state index contributed by atoms with van der Waals surface area (Å²) in [4.78, 5) is 99.0. The Morgan fingerprint density at radius 1 is 0.565 bits per heavy atom. The number of carbonyl (C=O) groups excluding carboxylic acids is 7. The summed E-state index contributed by atoms with van der Waals surface area (Å²) in [6.45, 7) is -1.53. The van der Waals surface area contributed by atoms with E-state index in [9.17, 15) is 105 Å². The van der Waals surface area contributed by atoms with Crippen LogP contribution in [0.1, 0.15) is 52.9 Å². The number of rotatable bonds is 4. The van der Waals surface area contributed by atoms with E-state index in [1.807, 2.05) is 0 Å². The van der Waals surface area contributed by atoms with Crippen LogP contribution in [0, 0.1) is 0 Å². The first-order valence-corrected chi connectivity index (χ1v) is 19.2. The number of benzene rings is 4. The summed E-state index contributed by atoms with van der Waals surface area (Å²) in [5, 5.41) is 151. The number of aromatic hydroxyl groups is 12. The van der Waals surface area contributed by atoms with Gasteiger partial charge in [0, 0.05) is 22.3 Å². The molecule has 1 aliphatic carbocycles. The van der Waals surface area contributed by atoms with Gasteiger partial charge >= 0.3 is 35.8 Å². The lowest BCUT2D eigenvalue weighted by atomic mass is 9.77. The summed E-state index contributed by atoms with van der Waals surface area (Å²) in [5.74, 6) is -32.0. The lowest BCUT2D eigenvalue weighted by molar-refractivity contribution is -0.179. The van der Waals surface area contributed by atoms with Crippen molar-refractivity contribution in [3.63, 3.8) is 0 Å². The highest BCUT2D eigenvalue weighted by Crippen LogP contribution is 2.57. The number of aliphatic hydroxyl groups excluding tert-OH is 1. The second-order valence-electron chi connectivity index (χ2n) is 15.4. The number of ketones is 1. The molecule has 4 aliphatic heterocycles. The highest BCUT2D eigenvalue weighted by molar-refractivity contribution is 6.25. The Balaban J connectivity index is 1.41. The van der Waals surface area contributed by atoms with E-state index in [0.29, 0.717) is 37.4 Å². The van der Waals surface area contributed by atoms with E-state index in [0.717, 1.165) is 0 Å². The van der Waals surface area contributed by atoms with Crippen LogP contribution in [-0.4, -0.2) is 163 Å². The molecular weight excluding hydrogens is 936 g/mol. The normalized spacial score (nSPS) is 24.1. The van der Waals surface area contributed by atoms with Crippen LogP contribution in [0.2, 0.25) is 0 Å². The first-order chi connectivity index (χ1) is 32.4. The molecule has 360 valence electrons. The SMILES string of the molecule is COC(=O)[C@@]1(O)C(=O)C2=C3C(=O)O[C@H]([C@H]([C@@H]4OC(=O)c5cc(O)c(O)c(O)c5-c5c(cc(O)c(O)c5O)C(=O)OCC4OC(=O)c4cc(O)c(O)c(O)c4)OC(=O)c4cc(O)c(O)c(O)c4[C@H]31)[C@@H]2O. The fraction of sp³-hybridized carbons (Fsp3) is 0.214. The molecule has 27 nitrogen and oxygen atoms in total. The molecule has 9 rings (SSSR count). The first-order valence-electron chi connectivity index (χ1n) is 19.2. The number of methoxy groups -OCH3 is 1. The van der Waals surface area contributed by atoms with Crippen molar-refractivity contribution in [1.29, 1.82) is 0 Å². The summed E-state index contributed by atoms with van der Waals surface area (Å²) in [7, 11) is 0.645. The van der Waals surface area contributed by atoms with Gasteiger partial charge < -0.3 is 99.9 Å². The zero-order chi connectivity index (χ0) is 50.6. The van der Waals surface area contributed by atoms with Crippen molar-refractivity contribution in [3.05, 3.63) is 69.3 Å². The van der Waals surface area contributed by atoms with Crippen molar-refractivity contribution in [2.75, 3.05) is 13.7 Å². The number of phenolic OH excluding ortho intramolecular Hbond substituents is 12. The molecule has 0 aromatic heterocycles. The Hall–Kier alpha value is -9.37. The molecule has 1 unspecified atom stereocenters. The number of ether oxygens (including phenoxy) is 6. The largest absolute Gasteiger partial charge is 0.504 e. The second kappa shape index (κ2) is 15.9. The van der Waals surface area contributed by atoms with Crippen LogP contribution in [-0.2, 0) is 42.8 Å². The molecule has 0 saturated heterocycles.